The van der Waals surface area contributed by atoms with E-state index in [9.17, 15) is 4.79 Å². The molecule has 0 bridgehead atoms. The molecule has 1 aromatic heterocycles. The lowest BCUT2D eigenvalue weighted by Gasteiger charge is -2.07. The lowest BCUT2D eigenvalue weighted by molar-refractivity contribution is -0.123. The fraction of sp³-hybridized carbons (Fsp3) is 0.375. The minimum absolute atomic E-state index is 0.0440. The molecule has 0 spiro atoms. The van der Waals surface area contributed by atoms with Gasteiger partial charge in [-0.3, -0.25) is 4.79 Å². The SMILES string of the molecule is CCc1ccc(OCC(=O)NCCc2nc(C)cs2)cc1. The number of benzene rings is 1. The number of aryl methyl sites for hydroxylation is 2. The van der Waals surface area contributed by atoms with Crippen molar-refractivity contribution < 1.29 is 9.53 Å². The highest BCUT2D eigenvalue weighted by molar-refractivity contribution is 7.09. The monoisotopic (exact) mass is 304 g/mol. The van der Waals surface area contributed by atoms with Gasteiger partial charge in [0.05, 0.1) is 5.01 Å². The molecule has 2 aromatic rings. The van der Waals surface area contributed by atoms with Gasteiger partial charge < -0.3 is 10.1 Å². The third-order valence-corrected chi connectivity index (χ3v) is 4.06. The highest BCUT2D eigenvalue weighted by Gasteiger charge is 2.04. The van der Waals surface area contributed by atoms with E-state index < -0.39 is 0 Å². The highest BCUT2D eigenvalue weighted by atomic mass is 32.1. The first-order chi connectivity index (χ1) is 10.2. The molecule has 0 radical (unpaired) electrons. The van der Waals surface area contributed by atoms with Gasteiger partial charge in [-0.1, -0.05) is 19.1 Å². The number of hydrogen-bond acceptors (Lipinski definition) is 4. The number of thiazole rings is 1. The van der Waals surface area contributed by atoms with Crippen molar-refractivity contribution in [2.75, 3.05) is 13.2 Å². The molecule has 0 atom stereocenters. The average Bonchev–Trinajstić information content (AvgIpc) is 2.91. The summed E-state index contributed by atoms with van der Waals surface area (Å²) in [7, 11) is 0. The van der Waals surface area contributed by atoms with E-state index in [-0.39, 0.29) is 12.5 Å². The summed E-state index contributed by atoms with van der Waals surface area (Å²) in [6.45, 7) is 4.70. The van der Waals surface area contributed by atoms with E-state index in [4.69, 9.17) is 4.74 Å². The number of ether oxygens (including phenoxy) is 1. The summed E-state index contributed by atoms with van der Waals surface area (Å²) in [5.41, 5.74) is 2.28. The molecule has 21 heavy (non-hydrogen) atoms. The zero-order valence-electron chi connectivity index (χ0n) is 12.4. The van der Waals surface area contributed by atoms with Gasteiger partial charge in [-0.15, -0.1) is 11.3 Å². The van der Waals surface area contributed by atoms with Gasteiger partial charge in [0.25, 0.3) is 5.91 Å². The molecule has 2 rings (SSSR count). The van der Waals surface area contributed by atoms with Crippen LogP contribution in [0.3, 0.4) is 0 Å². The van der Waals surface area contributed by atoms with E-state index in [1.54, 1.807) is 11.3 Å². The van der Waals surface area contributed by atoms with Crippen molar-refractivity contribution in [1.29, 1.82) is 0 Å². The lowest BCUT2D eigenvalue weighted by Crippen LogP contribution is -2.30. The molecule has 5 heteroatoms. The minimum Gasteiger partial charge on any atom is -0.484 e. The zero-order chi connectivity index (χ0) is 15.1. The molecule has 1 N–H and O–H groups in total. The summed E-state index contributed by atoms with van der Waals surface area (Å²) in [6, 6.07) is 7.81. The Bertz CT molecular complexity index is 578. The Balaban J connectivity index is 1.67. The fourth-order valence-electron chi connectivity index (χ4n) is 1.85. The molecule has 0 saturated carbocycles. The van der Waals surface area contributed by atoms with Crippen LogP contribution in [0.5, 0.6) is 5.75 Å². The molecule has 112 valence electrons. The molecule has 0 unspecified atom stereocenters. The van der Waals surface area contributed by atoms with Crippen molar-refractivity contribution in [3.8, 4) is 5.75 Å². The van der Waals surface area contributed by atoms with Crippen molar-refractivity contribution in [3.63, 3.8) is 0 Å². The van der Waals surface area contributed by atoms with Crippen molar-refractivity contribution in [1.82, 2.24) is 10.3 Å². The number of carbonyl (C=O) groups excluding carboxylic acids is 1. The first-order valence-corrected chi connectivity index (χ1v) is 7.94. The van der Waals surface area contributed by atoms with Gasteiger partial charge in [0.15, 0.2) is 6.61 Å². The van der Waals surface area contributed by atoms with Crippen LogP contribution in [-0.4, -0.2) is 24.0 Å². The Morgan fingerprint density at radius 2 is 2.10 bits per heavy atom. The summed E-state index contributed by atoms with van der Waals surface area (Å²) in [5, 5.41) is 5.90. The number of carbonyl (C=O) groups is 1. The first-order valence-electron chi connectivity index (χ1n) is 7.07. The molecule has 0 aliphatic rings. The molecule has 0 aliphatic carbocycles. The highest BCUT2D eigenvalue weighted by Crippen LogP contribution is 2.12. The molecule has 0 fully saturated rings. The maximum atomic E-state index is 11.7. The second kappa shape index (κ2) is 7.78. The number of rotatable bonds is 7. The summed E-state index contributed by atoms with van der Waals surface area (Å²) in [4.78, 5) is 16.0. The van der Waals surface area contributed by atoms with Gasteiger partial charge in [0, 0.05) is 24.0 Å². The summed E-state index contributed by atoms with van der Waals surface area (Å²) >= 11 is 1.62. The topological polar surface area (TPSA) is 51.2 Å². The Hall–Kier alpha value is -1.88. The molecule has 1 amide bonds. The van der Waals surface area contributed by atoms with Gasteiger partial charge in [-0.05, 0) is 31.0 Å². The minimum atomic E-state index is -0.108. The lowest BCUT2D eigenvalue weighted by atomic mass is 10.2. The normalized spacial score (nSPS) is 10.4. The summed E-state index contributed by atoms with van der Waals surface area (Å²) in [6.07, 6.45) is 1.76. The van der Waals surface area contributed by atoms with E-state index in [1.807, 2.05) is 36.6 Å². The number of nitrogens with zero attached hydrogens (tertiary/aromatic N) is 1. The maximum Gasteiger partial charge on any atom is 0.257 e. The third kappa shape index (κ3) is 5.19. The molecular weight excluding hydrogens is 284 g/mol. The third-order valence-electron chi connectivity index (χ3n) is 3.03. The molecule has 0 saturated heterocycles. The van der Waals surface area contributed by atoms with Crippen molar-refractivity contribution in [2.24, 2.45) is 0 Å². The fourth-order valence-corrected chi connectivity index (χ4v) is 2.62. The standard InChI is InChI=1S/C16H20N2O2S/c1-3-13-4-6-14(7-5-13)20-10-15(19)17-9-8-16-18-12(2)11-21-16/h4-7,11H,3,8-10H2,1-2H3,(H,17,19). The van der Waals surface area contributed by atoms with Crippen molar-refractivity contribution in [3.05, 3.63) is 45.9 Å². The summed E-state index contributed by atoms with van der Waals surface area (Å²) in [5.74, 6) is 0.612. The van der Waals surface area contributed by atoms with Crippen LogP contribution >= 0.6 is 11.3 Å². The van der Waals surface area contributed by atoms with Crippen LogP contribution in [0.4, 0.5) is 0 Å². The quantitative estimate of drug-likeness (QED) is 0.855. The number of nitrogens with one attached hydrogen (secondary N) is 1. The van der Waals surface area contributed by atoms with E-state index >= 15 is 0 Å². The average molecular weight is 304 g/mol. The van der Waals surface area contributed by atoms with Crippen molar-refractivity contribution >= 4 is 17.2 Å². The van der Waals surface area contributed by atoms with Crippen LogP contribution in [0.2, 0.25) is 0 Å². The maximum absolute atomic E-state index is 11.7. The first kappa shape index (κ1) is 15.5. The van der Waals surface area contributed by atoms with E-state index in [0.29, 0.717) is 6.54 Å². The Kier molecular flexibility index (Phi) is 5.75. The van der Waals surface area contributed by atoms with Gasteiger partial charge in [-0.2, -0.15) is 0 Å². The smallest absolute Gasteiger partial charge is 0.257 e. The summed E-state index contributed by atoms with van der Waals surface area (Å²) < 4.78 is 5.45. The van der Waals surface area contributed by atoms with Gasteiger partial charge in [-0.25, -0.2) is 4.98 Å². The van der Waals surface area contributed by atoms with Crippen LogP contribution in [0, 0.1) is 6.92 Å². The number of amides is 1. The molecule has 1 heterocycles. The molecular formula is C16H20N2O2S. The van der Waals surface area contributed by atoms with E-state index in [0.717, 1.165) is 29.3 Å². The number of aromatic nitrogens is 1. The van der Waals surface area contributed by atoms with Crippen LogP contribution in [0.15, 0.2) is 29.6 Å². The van der Waals surface area contributed by atoms with E-state index in [2.05, 4.69) is 17.2 Å². The Labute approximate surface area is 129 Å². The van der Waals surface area contributed by atoms with Crippen LogP contribution < -0.4 is 10.1 Å². The van der Waals surface area contributed by atoms with Gasteiger partial charge in [0.2, 0.25) is 0 Å². The van der Waals surface area contributed by atoms with Gasteiger partial charge in [0.1, 0.15) is 5.75 Å². The predicted octanol–water partition coefficient (Wildman–Crippen LogP) is 2.75. The van der Waals surface area contributed by atoms with Crippen LogP contribution in [0.1, 0.15) is 23.2 Å². The Morgan fingerprint density at radius 3 is 2.71 bits per heavy atom. The zero-order valence-corrected chi connectivity index (χ0v) is 13.2. The second-order valence-electron chi connectivity index (χ2n) is 4.77. The largest absolute Gasteiger partial charge is 0.484 e. The predicted molar refractivity (Wildman–Crippen MR) is 84.9 cm³/mol. The second-order valence-corrected chi connectivity index (χ2v) is 5.71. The molecule has 0 aliphatic heterocycles. The van der Waals surface area contributed by atoms with Gasteiger partial charge >= 0.3 is 0 Å². The van der Waals surface area contributed by atoms with E-state index in [1.165, 1.54) is 5.56 Å². The van der Waals surface area contributed by atoms with Crippen LogP contribution in [-0.2, 0) is 17.6 Å². The Morgan fingerprint density at radius 1 is 1.33 bits per heavy atom. The molecule has 4 nitrogen and oxygen atoms in total. The van der Waals surface area contributed by atoms with Crippen LogP contribution in [0.25, 0.3) is 0 Å². The number of hydrogen-bond donors (Lipinski definition) is 1. The van der Waals surface area contributed by atoms with Crippen molar-refractivity contribution in [2.45, 2.75) is 26.7 Å². The molecule has 1 aromatic carbocycles.